The maximum atomic E-state index is 12.1. The van der Waals surface area contributed by atoms with E-state index in [1.165, 1.54) is 11.8 Å². The molecule has 1 aromatic carbocycles. The van der Waals surface area contributed by atoms with Crippen molar-refractivity contribution in [3.05, 3.63) is 71.4 Å². The summed E-state index contributed by atoms with van der Waals surface area (Å²) in [4.78, 5) is 19.0. The summed E-state index contributed by atoms with van der Waals surface area (Å²) >= 11 is 0. The van der Waals surface area contributed by atoms with Crippen molar-refractivity contribution in [2.45, 2.75) is 39.8 Å². The van der Waals surface area contributed by atoms with Crippen LogP contribution in [0, 0.1) is 0 Å². The van der Waals surface area contributed by atoms with Gasteiger partial charge in [0, 0.05) is 44.6 Å². The van der Waals surface area contributed by atoms with Crippen LogP contribution < -0.4 is 10.6 Å². The minimum absolute atomic E-state index is 0. The quantitative estimate of drug-likeness (QED) is 0.237. The van der Waals surface area contributed by atoms with E-state index < -0.39 is 0 Å². The third-order valence-electron chi connectivity index (χ3n) is 4.96. The van der Waals surface area contributed by atoms with Crippen LogP contribution in [0.15, 0.2) is 58.3 Å². The molecular weight excluding hydrogens is 531 g/mol. The number of guanidine groups is 1. The van der Waals surface area contributed by atoms with E-state index in [9.17, 15) is 4.79 Å². The van der Waals surface area contributed by atoms with Crippen molar-refractivity contribution < 1.29 is 9.21 Å². The van der Waals surface area contributed by atoms with Crippen LogP contribution in [-0.2, 0) is 20.1 Å². The Balaban J connectivity index is 0.00000385. The fraction of sp³-hybridized carbons (Fsp3) is 0.375. The van der Waals surface area contributed by atoms with Crippen LogP contribution in [0.5, 0.6) is 0 Å². The molecule has 33 heavy (non-hydrogen) atoms. The molecule has 0 aliphatic rings. The van der Waals surface area contributed by atoms with E-state index >= 15 is 0 Å². The van der Waals surface area contributed by atoms with E-state index in [0.717, 1.165) is 30.3 Å². The minimum atomic E-state index is -0.270. The van der Waals surface area contributed by atoms with Gasteiger partial charge in [0.25, 0.3) is 5.91 Å². The molecule has 0 aliphatic heterocycles. The molecule has 0 saturated heterocycles. The van der Waals surface area contributed by atoms with Crippen molar-refractivity contribution in [1.82, 2.24) is 20.0 Å². The molecule has 0 unspecified atom stereocenters. The zero-order valence-corrected chi connectivity index (χ0v) is 22.2. The van der Waals surface area contributed by atoms with Gasteiger partial charge >= 0.3 is 0 Å². The largest absolute Gasteiger partial charge is 0.459 e. The standard InChI is InChI=1S/C24H32N6O2.HI/c1-6-25-24(29(4)15-19-16-30(5)28-22(19)17(2)3)26-14-18-9-11-20(12-10-18)27-23(31)21-8-7-13-32-21;/h7-13,16-17H,6,14-15H2,1-5H3,(H,25,26)(H,27,31);1H. The lowest BCUT2D eigenvalue weighted by Crippen LogP contribution is -2.38. The van der Waals surface area contributed by atoms with Crippen LogP contribution >= 0.6 is 24.0 Å². The number of nitrogens with one attached hydrogen (secondary N) is 2. The molecular formula is C24H33IN6O2. The predicted octanol–water partition coefficient (Wildman–Crippen LogP) is 4.60. The molecule has 1 amide bonds. The molecule has 0 bridgehead atoms. The van der Waals surface area contributed by atoms with E-state index in [4.69, 9.17) is 9.41 Å². The van der Waals surface area contributed by atoms with E-state index in [1.54, 1.807) is 12.1 Å². The molecule has 0 spiro atoms. The van der Waals surface area contributed by atoms with Crippen LogP contribution in [0.4, 0.5) is 5.69 Å². The van der Waals surface area contributed by atoms with Gasteiger partial charge in [0.05, 0.1) is 18.5 Å². The smallest absolute Gasteiger partial charge is 0.291 e. The number of nitrogens with zero attached hydrogens (tertiary/aromatic N) is 4. The number of hydrogen-bond acceptors (Lipinski definition) is 4. The molecule has 0 saturated carbocycles. The highest BCUT2D eigenvalue weighted by molar-refractivity contribution is 14.0. The van der Waals surface area contributed by atoms with Gasteiger partial charge in [0.15, 0.2) is 11.7 Å². The number of furan rings is 1. The van der Waals surface area contributed by atoms with E-state index in [-0.39, 0.29) is 35.6 Å². The molecule has 0 aliphatic carbocycles. The van der Waals surface area contributed by atoms with Crippen molar-refractivity contribution in [3.8, 4) is 0 Å². The van der Waals surface area contributed by atoms with E-state index in [1.807, 2.05) is 43.0 Å². The van der Waals surface area contributed by atoms with Gasteiger partial charge < -0.3 is 20.0 Å². The van der Waals surface area contributed by atoms with Crippen molar-refractivity contribution in [2.75, 3.05) is 18.9 Å². The van der Waals surface area contributed by atoms with Crippen LogP contribution in [0.2, 0.25) is 0 Å². The first-order valence-corrected chi connectivity index (χ1v) is 10.8. The zero-order valence-electron chi connectivity index (χ0n) is 19.8. The number of amides is 1. The van der Waals surface area contributed by atoms with E-state index in [2.05, 4.69) is 47.6 Å². The Labute approximate surface area is 212 Å². The van der Waals surface area contributed by atoms with Gasteiger partial charge in [-0.05, 0) is 42.7 Å². The highest BCUT2D eigenvalue weighted by Crippen LogP contribution is 2.19. The molecule has 8 nitrogen and oxygen atoms in total. The number of benzene rings is 1. The first kappa shape index (κ1) is 26.4. The summed E-state index contributed by atoms with van der Waals surface area (Å²) in [5.41, 5.74) is 4.07. The van der Waals surface area contributed by atoms with Crippen LogP contribution in [0.1, 0.15) is 54.1 Å². The van der Waals surface area contributed by atoms with Crippen LogP contribution in [-0.4, -0.2) is 40.1 Å². The zero-order chi connectivity index (χ0) is 23.1. The lowest BCUT2D eigenvalue weighted by Gasteiger charge is -2.22. The number of aliphatic imine (C=N–C) groups is 1. The third-order valence-corrected chi connectivity index (χ3v) is 4.96. The summed E-state index contributed by atoms with van der Waals surface area (Å²) in [6, 6.07) is 11.0. The Morgan fingerprint density at radius 3 is 2.58 bits per heavy atom. The van der Waals surface area contributed by atoms with Crippen molar-refractivity contribution >= 4 is 41.5 Å². The number of carbonyl (C=O) groups is 1. The third kappa shape index (κ3) is 7.34. The second-order valence-corrected chi connectivity index (χ2v) is 8.02. The monoisotopic (exact) mass is 564 g/mol. The summed E-state index contributed by atoms with van der Waals surface area (Å²) in [5, 5.41) is 10.8. The summed E-state index contributed by atoms with van der Waals surface area (Å²) in [7, 11) is 3.99. The molecule has 2 N–H and O–H groups in total. The summed E-state index contributed by atoms with van der Waals surface area (Å²) < 4.78 is 6.99. The van der Waals surface area contributed by atoms with Crippen LogP contribution in [0.25, 0.3) is 0 Å². The van der Waals surface area contributed by atoms with Gasteiger partial charge in [-0.3, -0.25) is 9.48 Å². The van der Waals surface area contributed by atoms with Gasteiger partial charge in [-0.1, -0.05) is 26.0 Å². The summed E-state index contributed by atoms with van der Waals surface area (Å²) in [6.07, 6.45) is 3.55. The van der Waals surface area contributed by atoms with Gasteiger partial charge in [-0.2, -0.15) is 5.10 Å². The number of halogens is 1. The SMILES string of the molecule is CCNC(=NCc1ccc(NC(=O)c2ccco2)cc1)N(C)Cc1cn(C)nc1C(C)C.I. The maximum Gasteiger partial charge on any atom is 0.291 e. The van der Waals surface area contributed by atoms with E-state index in [0.29, 0.717) is 18.2 Å². The Kier molecular flexibility index (Phi) is 9.95. The lowest BCUT2D eigenvalue weighted by molar-refractivity contribution is 0.0996. The highest BCUT2D eigenvalue weighted by Gasteiger charge is 2.15. The van der Waals surface area contributed by atoms with Crippen LogP contribution in [0.3, 0.4) is 0 Å². The highest BCUT2D eigenvalue weighted by atomic mass is 127. The Morgan fingerprint density at radius 2 is 1.97 bits per heavy atom. The second-order valence-electron chi connectivity index (χ2n) is 8.02. The Bertz CT molecular complexity index is 1040. The number of aryl methyl sites for hydroxylation is 1. The van der Waals surface area contributed by atoms with Gasteiger partial charge in [0.1, 0.15) is 0 Å². The summed E-state index contributed by atoms with van der Waals surface area (Å²) in [6.45, 7) is 8.42. The molecule has 0 radical (unpaired) electrons. The Hall–Kier alpha value is -2.82. The number of anilines is 1. The van der Waals surface area contributed by atoms with Crippen molar-refractivity contribution in [3.63, 3.8) is 0 Å². The first-order chi connectivity index (χ1) is 15.4. The first-order valence-electron chi connectivity index (χ1n) is 10.8. The molecule has 0 atom stereocenters. The predicted molar refractivity (Wildman–Crippen MR) is 142 cm³/mol. The summed E-state index contributed by atoms with van der Waals surface area (Å²) in [5.74, 6) is 1.21. The topological polar surface area (TPSA) is 87.7 Å². The lowest BCUT2D eigenvalue weighted by atomic mass is 10.1. The number of hydrogen-bond donors (Lipinski definition) is 2. The average Bonchev–Trinajstić information content (AvgIpc) is 3.42. The minimum Gasteiger partial charge on any atom is -0.459 e. The normalized spacial score (nSPS) is 11.3. The maximum absolute atomic E-state index is 12.1. The Morgan fingerprint density at radius 1 is 1.24 bits per heavy atom. The molecule has 0 fully saturated rings. The molecule has 3 aromatic rings. The fourth-order valence-corrected chi connectivity index (χ4v) is 3.42. The molecule has 9 heteroatoms. The number of carbonyl (C=O) groups excluding carboxylic acids is 1. The molecule has 178 valence electrons. The number of rotatable bonds is 8. The fourth-order valence-electron chi connectivity index (χ4n) is 3.42. The van der Waals surface area contributed by atoms with Gasteiger partial charge in [0.2, 0.25) is 0 Å². The van der Waals surface area contributed by atoms with Gasteiger partial charge in [-0.15, -0.1) is 24.0 Å². The molecule has 2 heterocycles. The van der Waals surface area contributed by atoms with Gasteiger partial charge in [-0.25, -0.2) is 4.99 Å². The van der Waals surface area contributed by atoms with Crippen molar-refractivity contribution in [1.29, 1.82) is 0 Å². The number of aromatic nitrogens is 2. The average molecular weight is 564 g/mol. The molecule has 2 aromatic heterocycles. The molecule has 3 rings (SSSR count). The van der Waals surface area contributed by atoms with Crippen molar-refractivity contribution in [2.24, 2.45) is 12.0 Å². The second kappa shape index (κ2) is 12.4.